The molecular formula is C17H16Cl2N2O2. The van der Waals surface area contributed by atoms with E-state index in [-0.39, 0.29) is 5.91 Å². The molecule has 0 bridgehead atoms. The normalized spacial score (nSPS) is 12.2. The van der Waals surface area contributed by atoms with Crippen LogP contribution in [0.15, 0.2) is 47.6 Å². The standard InChI is InChI=1S/C17H16Cl2N2O2/c1-11-3-7-15(8-4-11)23-12(2)17(22)21-20-10-13-5-6-14(18)9-16(13)19/h3-10,12H,1-2H3,(H,21,22). The highest BCUT2D eigenvalue weighted by Crippen LogP contribution is 2.19. The smallest absolute Gasteiger partial charge is 0.280 e. The van der Waals surface area contributed by atoms with E-state index in [0.29, 0.717) is 21.4 Å². The highest BCUT2D eigenvalue weighted by atomic mass is 35.5. The molecule has 0 saturated carbocycles. The van der Waals surface area contributed by atoms with Gasteiger partial charge in [0, 0.05) is 10.6 Å². The minimum atomic E-state index is -0.671. The quantitative estimate of drug-likeness (QED) is 0.648. The Morgan fingerprint density at radius 1 is 1.22 bits per heavy atom. The number of halogens is 2. The number of amides is 1. The summed E-state index contributed by atoms with van der Waals surface area (Å²) in [5.74, 6) is 0.273. The van der Waals surface area contributed by atoms with Gasteiger partial charge >= 0.3 is 0 Å². The van der Waals surface area contributed by atoms with Gasteiger partial charge in [-0.1, -0.05) is 47.0 Å². The number of aryl methyl sites for hydroxylation is 1. The number of hydrogen-bond acceptors (Lipinski definition) is 3. The summed E-state index contributed by atoms with van der Waals surface area (Å²) in [7, 11) is 0. The molecular weight excluding hydrogens is 335 g/mol. The maximum absolute atomic E-state index is 11.9. The Morgan fingerprint density at radius 3 is 2.57 bits per heavy atom. The minimum absolute atomic E-state index is 0.355. The van der Waals surface area contributed by atoms with Crippen molar-refractivity contribution in [2.75, 3.05) is 0 Å². The van der Waals surface area contributed by atoms with Crippen molar-refractivity contribution in [2.24, 2.45) is 5.10 Å². The molecule has 2 aromatic carbocycles. The largest absolute Gasteiger partial charge is 0.481 e. The highest BCUT2D eigenvalue weighted by Gasteiger charge is 2.13. The van der Waals surface area contributed by atoms with Gasteiger partial charge in [-0.25, -0.2) is 5.43 Å². The van der Waals surface area contributed by atoms with Gasteiger partial charge in [-0.3, -0.25) is 4.79 Å². The number of carbonyl (C=O) groups excluding carboxylic acids is 1. The Morgan fingerprint density at radius 2 is 1.91 bits per heavy atom. The van der Waals surface area contributed by atoms with E-state index in [1.54, 1.807) is 25.1 Å². The van der Waals surface area contributed by atoms with Crippen LogP contribution in [0.2, 0.25) is 10.0 Å². The fraction of sp³-hybridized carbons (Fsp3) is 0.176. The molecule has 0 saturated heterocycles. The van der Waals surface area contributed by atoms with Crippen molar-refractivity contribution < 1.29 is 9.53 Å². The first-order valence-corrected chi connectivity index (χ1v) is 7.72. The molecule has 2 aromatic rings. The third kappa shape index (κ3) is 5.27. The first-order valence-electron chi connectivity index (χ1n) is 6.97. The fourth-order valence-corrected chi connectivity index (χ4v) is 2.19. The predicted octanol–water partition coefficient (Wildman–Crippen LogP) is 4.22. The van der Waals surface area contributed by atoms with Crippen molar-refractivity contribution in [3.63, 3.8) is 0 Å². The number of hydrazone groups is 1. The molecule has 23 heavy (non-hydrogen) atoms. The number of rotatable bonds is 5. The van der Waals surface area contributed by atoms with Gasteiger partial charge < -0.3 is 4.74 Å². The molecule has 0 aliphatic heterocycles. The molecule has 120 valence electrons. The lowest BCUT2D eigenvalue weighted by Crippen LogP contribution is -2.33. The van der Waals surface area contributed by atoms with Gasteiger partial charge in [0.05, 0.1) is 11.2 Å². The minimum Gasteiger partial charge on any atom is -0.481 e. The second-order valence-electron chi connectivity index (χ2n) is 4.97. The molecule has 0 aromatic heterocycles. The van der Waals surface area contributed by atoms with Crippen molar-refractivity contribution in [1.29, 1.82) is 0 Å². The van der Waals surface area contributed by atoms with E-state index in [1.165, 1.54) is 6.21 Å². The second-order valence-corrected chi connectivity index (χ2v) is 5.82. The van der Waals surface area contributed by atoms with Crippen molar-refractivity contribution in [3.8, 4) is 5.75 Å². The van der Waals surface area contributed by atoms with Crippen LogP contribution in [0.25, 0.3) is 0 Å². The third-order valence-electron chi connectivity index (χ3n) is 3.04. The van der Waals surface area contributed by atoms with Crippen LogP contribution in [0.3, 0.4) is 0 Å². The van der Waals surface area contributed by atoms with Crippen LogP contribution in [0, 0.1) is 6.92 Å². The molecule has 1 unspecified atom stereocenters. The summed E-state index contributed by atoms with van der Waals surface area (Å²) < 4.78 is 5.54. The van der Waals surface area contributed by atoms with Crippen molar-refractivity contribution >= 4 is 35.3 Å². The zero-order valence-electron chi connectivity index (χ0n) is 12.7. The molecule has 6 heteroatoms. The maximum atomic E-state index is 11.9. The molecule has 0 aliphatic carbocycles. The molecule has 0 radical (unpaired) electrons. The van der Waals surface area contributed by atoms with Crippen LogP contribution in [-0.2, 0) is 4.79 Å². The Kier molecular flexibility index (Phi) is 6.02. The number of benzene rings is 2. The Hall–Kier alpha value is -2.04. The van der Waals surface area contributed by atoms with Gasteiger partial charge in [-0.2, -0.15) is 5.10 Å². The lowest BCUT2D eigenvalue weighted by molar-refractivity contribution is -0.127. The summed E-state index contributed by atoms with van der Waals surface area (Å²) in [6, 6.07) is 12.5. The van der Waals surface area contributed by atoms with Gasteiger partial charge in [0.25, 0.3) is 5.91 Å². The average Bonchev–Trinajstić information content (AvgIpc) is 2.51. The highest BCUT2D eigenvalue weighted by molar-refractivity contribution is 6.36. The number of carbonyl (C=O) groups is 1. The van der Waals surface area contributed by atoms with Gasteiger partial charge in [-0.15, -0.1) is 0 Å². The summed E-state index contributed by atoms with van der Waals surface area (Å²) in [5.41, 5.74) is 4.20. The summed E-state index contributed by atoms with van der Waals surface area (Å²) in [5, 5.41) is 4.87. The third-order valence-corrected chi connectivity index (χ3v) is 3.61. The zero-order valence-corrected chi connectivity index (χ0v) is 14.2. The number of hydrogen-bond donors (Lipinski definition) is 1. The number of nitrogens with one attached hydrogen (secondary N) is 1. The Balaban J connectivity index is 1.90. The first-order chi connectivity index (χ1) is 11.0. The summed E-state index contributed by atoms with van der Waals surface area (Å²) in [4.78, 5) is 11.9. The van der Waals surface area contributed by atoms with E-state index in [0.717, 1.165) is 5.56 Å². The Bertz CT molecular complexity index is 715. The number of ether oxygens (including phenoxy) is 1. The van der Waals surface area contributed by atoms with Crippen LogP contribution in [-0.4, -0.2) is 18.2 Å². The first kappa shape index (κ1) is 17.3. The topological polar surface area (TPSA) is 50.7 Å². The van der Waals surface area contributed by atoms with Crippen LogP contribution in [0.5, 0.6) is 5.75 Å². The molecule has 2 rings (SSSR count). The van der Waals surface area contributed by atoms with Gasteiger partial charge in [-0.05, 0) is 38.1 Å². The van der Waals surface area contributed by atoms with Crippen LogP contribution < -0.4 is 10.2 Å². The molecule has 0 fully saturated rings. The zero-order chi connectivity index (χ0) is 16.8. The van der Waals surface area contributed by atoms with Gasteiger partial charge in [0.1, 0.15) is 5.75 Å². The van der Waals surface area contributed by atoms with E-state index in [1.807, 2.05) is 31.2 Å². The predicted molar refractivity (Wildman–Crippen MR) is 93.5 cm³/mol. The lowest BCUT2D eigenvalue weighted by atomic mass is 10.2. The van der Waals surface area contributed by atoms with E-state index >= 15 is 0 Å². The Labute approximate surface area is 145 Å². The second kappa shape index (κ2) is 7.99. The van der Waals surface area contributed by atoms with Crippen molar-refractivity contribution in [3.05, 3.63) is 63.6 Å². The molecule has 4 nitrogen and oxygen atoms in total. The molecule has 1 amide bonds. The molecule has 0 spiro atoms. The summed E-state index contributed by atoms with van der Waals surface area (Å²) in [6.45, 7) is 3.64. The van der Waals surface area contributed by atoms with Gasteiger partial charge in [0.15, 0.2) is 6.10 Å². The van der Waals surface area contributed by atoms with Gasteiger partial charge in [0.2, 0.25) is 0 Å². The van der Waals surface area contributed by atoms with Crippen LogP contribution in [0.4, 0.5) is 0 Å². The fourth-order valence-electron chi connectivity index (χ4n) is 1.74. The van der Waals surface area contributed by atoms with Crippen molar-refractivity contribution in [2.45, 2.75) is 20.0 Å². The van der Waals surface area contributed by atoms with Crippen LogP contribution >= 0.6 is 23.2 Å². The average molecular weight is 351 g/mol. The molecule has 0 aliphatic rings. The molecule has 0 heterocycles. The number of nitrogens with zero attached hydrogens (tertiary/aromatic N) is 1. The van der Waals surface area contributed by atoms with Crippen molar-refractivity contribution in [1.82, 2.24) is 5.43 Å². The van der Waals surface area contributed by atoms with E-state index in [9.17, 15) is 4.79 Å². The lowest BCUT2D eigenvalue weighted by Gasteiger charge is -2.12. The summed E-state index contributed by atoms with van der Waals surface area (Å²) in [6.07, 6.45) is 0.783. The molecule has 1 atom stereocenters. The monoisotopic (exact) mass is 350 g/mol. The van der Waals surface area contributed by atoms with Crippen LogP contribution in [0.1, 0.15) is 18.1 Å². The van der Waals surface area contributed by atoms with E-state index in [4.69, 9.17) is 27.9 Å². The SMILES string of the molecule is Cc1ccc(OC(C)C(=O)NN=Cc2ccc(Cl)cc2Cl)cc1. The molecule has 1 N–H and O–H groups in total. The maximum Gasteiger partial charge on any atom is 0.280 e. The summed E-state index contributed by atoms with van der Waals surface area (Å²) >= 11 is 11.8. The van der Waals surface area contributed by atoms with E-state index < -0.39 is 6.10 Å². The van der Waals surface area contributed by atoms with E-state index in [2.05, 4.69) is 10.5 Å².